The van der Waals surface area contributed by atoms with Crippen molar-refractivity contribution in [2.45, 2.75) is 12.6 Å². The van der Waals surface area contributed by atoms with E-state index in [0.717, 1.165) is 19.5 Å². The molecule has 1 N–H and O–H groups in total. The van der Waals surface area contributed by atoms with Gasteiger partial charge >= 0.3 is 6.18 Å². The van der Waals surface area contributed by atoms with Gasteiger partial charge in [-0.25, -0.2) is 9.97 Å². The number of likely N-dealkylation sites (tertiary alicyclic amines) is 1. The summed E-state index contributed by atoms with van der Waals surface area (Å²) >= 11 is 0. The molecule has 0 saturated carbocycles. The van der Waals surface area contributed by atoms with E-state index in [2.05, 4.69) is 20.2 Å². The van der Waals surface area contributed by atoms with Gasteiger partial charge in [0.2, 0.25) is 5.82 Å². The van der Waals surface area contributed by atoms with Gasteiger partial charge in [-0.3, -0.25) is 0 Å². The van der Waals surface area contributed by atoms with Crippen LogP contribution in [0.15, 0.2) is 6.07 Å². The maximum atomic E-state index is 12.8. The third-order valence-corrected chi connectivity index (χ3v) is 3.63. The van der Waals surface area contributed by atoms with Crippen LogP contribution < -0.4 is 10.2 Å². The molecule has 8 heteroatoms. The van der Waals surface area contributed by atoms with Crippen molar-refractivity contribution in [3.8, 4) is 0 Å². The predicted molar refractivity (Wildman–Crippen MR) is 75.5 cm³/mol. The second-order valence-corrected chi connectivity index (χ2v) is 5.48. The van der Waals surface area contributed by atoms with E-state index >= 15 is 0 Å². The minimum Gasteiger partial charge on any atom is -0.373 e. The van der Waals surface area contributed by atoms with E-state index in [-0.39, 0.29) is 11.6 Å². The van der Waals surface area contributed by atoms with Gasteiger partial charge in [0.25, 0.3) is 0 Å². The summed E-state index contributed by atoms with van der Waals surface area (Å²) in [5.74, 6) is -0.207. The van der Waals surface area contributed by atoms with Gasteiger partial charge in [-0.05, 0) is 25.9 Å². The first-order valence-electron chi connectivity index (χ1n) is 6.83. The van der Waals surface area contributed by atoms with Crippen molar-refractivity contribution < 1.29 is 13.2 Å². The Morgan fingerprint density at radius 2 is 2.14 bits per heavy atom. The summed E-state index contributed by atoms with van der Waals surface area (Å²) in [6.45, 7) is 2.67. The molecule has 2 heterocycles. The maximum absolute atomic E-state index is 12.8. The van der Waals surface area contributed by atoms with Crippen molar-refractivity contribution in [2.75, 3.05) is 51.0 Å². The zero-order chi connectivity index (χ0) is 15.6. The second-order valence-electron chi connectivity index (χ2n) is 5.48. The number of alkyl halides is 3. The van der Waals surface area contributed by atoms with Crippen LogP contribution in [0.4, 0.5) is 24.8 Å². The van der Waals surface area contributed by atoms with Crippen molar-refractivity contribution in [1.29, 1.82) is 0 Å². The zero-order valence-corrected chi connectivity index (χ0v) is 12.4. The molecule has 1 atom stereocenters. The molecule has 2 rings (SSSR count). The number of anilines is 2. The molecule has 1 unspecified atom stereocenters. The third-order valence-electron chi connectivity index (χ3n) is 3.63. The third kappa shape index (κ3) is 3.96. The molecule has 0 amide bonds. The highest BCUT2D eigenvalue weighted by Gasteiger charge is 2.36. The average molecular weight is 303 g/mol. The topological polar surface area (TPSA) is 44.3 Å². The minimum atomic E-state index is -4.55. The lowest BCUT2D eigenvalue weighted by molar-refractivity contribution is -0.144. The molecule has 0 spiro atoms. The Hall–Kier alpha value is -1.57. The van der Waals surface area contributed by atoms with Gasteiger partial charge in [0.05, 0.1) is 0 Å². The smallest absolute Gasteiger partial charge is 0.373 e. The van der Waals surface area contributed by atoms with Gasteiger partial charge in [0, 0.05) is 33.3 Å². The van der Waals surface area contributed by atoms with Gasteiger partial charge in [-0.1, -0.05) is 0 Å². The van der Waals surface area contributed by atoms with Crippen LogP contribution in [0.3, 0.4) is 0 Å². The Morgan fingerprint density at radius 3 is 2.67 bits per heavy atom. The molecule has 0 aliphatic carbocycles. The summed E-state index contributed by atoms with van der Waals surface area (Å²) in [6.07, 6.45) is -3.49. The van der Waals surface area contributed by atoms with Gasteiger partial charge < -0.3 is 15.1 Å². The van der Waals surface area contributed by atoms with Gasteiger partial charge in [-0.15, -0.1) is 0 Å². The van der Waals surface area contributed by atoms with E-state index in [0.29, 0.717) is 12.5 Å². The fourth-order valence-corrected chi connectivity index (χ4v) is 2.54. The highest BCUT2D eigenvalue weighted by molar-refractivity contribution is 5.49. The van der Waals surface area contributed by atoms with Crippen LogP contribution in [0, 0.1) is 5.92 Å². The Kier molecular flexibility index (Phi) is 4.55. The number of halogens is 3. The summed E-state index contributed by atoms with van der Waals surface area (Å²) in [6, 6.07) is 1.54. The Balaban J connectivity index is 2.17. The molecule has 0 radical (unpaired) electrons. The maximum Gasteiger partial charge on any atom is 0.451 e. The number of nitrogens with zero attached hydrogens (tertiary/aromatic N) is 4. The molecule has 1 aromatic rings. The lowest BCUT2D eigenvalue weighted by atomic mass is 10.1. The second kappa shape index (κ2) is 6.05. The summed E-state index contributed by atoms with van der Waals surface area (Å²) in [4.78, 5) is 11.1. The first-order chi connectivity index (χ1) is 9.79. The van der Waals surface area contributed by atoms with Crippen molar-refractivity contribution in [1.82, 2.24) is 14.9 Å². The first kappa shape index (κ1) is 15.8. The number of hydrogen-bond donors (Lipinski definition) is 1. The molecule has 5 nitrogen and oxygen atoms in total. The fraction of sp³-hybridized carbons (Fsp3) is 0.692. The van der Waals surface area contributed by atoms with E-state index < -0.39 is 12.0 Å². The lowest BCUT2D eigenvalue weighted by Crippen LogP contribution is -2.28. The molecule has 0 aromatic carbocycles. The summed E-state index contributed by atoms with van der Waals surface area (Å²) in [5, 5.41) is 2.65. The SMILES string of the molecule is CNc1cc(N(C)CC2CCN(C)C2)nc(C(F)(F)F)n1. The lowest BCUT2D eigenvalue weighted by Gasteiger charge is -2.23. The number of nitrogens with one attached hydrogen (secondary N) is 1. The summed E-state index contributed by atoms with van der Waals surface area (Å²) < 4.78 is 38.5. The summed E-state index contributed by atoms with van der Waals surface area (Å²) in [5.41, 5.74) is 0. The molecule has 21 heavy (non-hydrogen) atoms. The number of hydrogen-bond acceptors (Lipinski definition) is 5. The van der Waals surface area contributed by atoms with Gasteiger partial charge in [0.15, 0.2) is 0 Å². The normalized spacial score (nSPS) is 19.8. The van der Waals surface area contributed by atoms with Crippen LogP contribution in [0.5, 0.6) is 0 Å². The van der Waals surface area contributed by atoms with E-state index in [1.807, 2.05) is 7.05 Å². The molecule has 1 fully saturated rings. The molecule has 1 aliphatic heterocycles. The van der Waals surface area contributed by atoms with Crippen LogP contribution in [0.25, 0.3) is 0 Å². The Morgan fingerprint density at radius 1 is 1.43 bits per heavy atom. The number of rotatable bonds is 4. The summed E-state index contributed by atoms with van der Waals surface area (Å²) in [7, 11) is 5.35. The van der Waals surface area contributed by atoms with Crippen molar-refractivity contribution in [3.05, 3.63) is 11.9 Å². The largest absolute Gasteiger partial charge is 0.451 e. The quantitative estimate of drug-likeness (QED) is 0.921. The van der Waals surface area contributed by atoms with Crippen molar-refractivity contribution in [2.24, 2.45) is 5.92 Å². The highest BCUT2D eigenvalue weighted by atomic mass is 19.4. The van der Waals surface area contributed by atoms with Crippen LogP contribution in [-0.2, 0) is 6.18 Å². The van der Waals surface area contributed by atoms with Crippen LogP contribution in [0.2, 0.25) is 0 Å². The minimum absolute atomic E-state index is 0.169. The van der Waals surface area contributed by atoms with Crippen molar-refractivity contribution >= 4 is 11.6 Å². The molecule has 118 valence electrons. The van der Waals surface area contributed by atoms with E-state index in [1.54, 1.807) is 11.9 Å². The Bertz CT molecular complexity index is 491. The molecule has 1 saturated heterocycles. The highest BCUT2D eigenvalue weighted by Crippen LogP contribution is 2.29. The van der Waals surface area contributed by atoms with Crippen LogP contribution in [-0.4, -0.2) is 55.6 Å². The molecule has 1 aliphatic rings. The zero-order valence-electron chi connectivity index (χ0n) is 12.4. The van der Waals surface area contributed by atoms with E-state index in [9.17, 15) is 13.2 Å². The number of aromatic nitrogens is 2. The first-order valence-corrected chi connectivity index (χ1v) is 6.83. The fourth-order valence-electron chi connectivity index (χ4n) is 2.54. The van der Waals surface area contributed by atoms with E-state index in [4.69, 9.17) is 0 Å². The monoisotopic (exact) mass is 303 g/mol. The van der Waals surface area contributed by atoms with Crippen LogP contribution in [0.1, 0.15) is 12.2 Å². The molecule has 0 bridgehead atoms. The van der Waals surface area contributed by atoms with Crippen LogP contribution >= 0.6 is 0 Å². The van der Waals surface area contributed by atoms with Crippen molar-refractivity contribution in [3.63, 3.8) is 0 Å². The van der Waals surface area contributed by atoms with E-state index in [1.165, 1.54) is 13.1 Å². The van der Waals surface area contributed by atoms with Gasteiger partial charge in [-0.2, -0.15) is 13.2 Å². The average Bonchev–Trinajstić information content (AvgIpc) is 2.82. The molecular formula is C13H20F3N5. The molecular weight excluding hydrogens is 283 g/mol. The predicted octanol–water partition coefficient (Wildman–Crippen LogP) is 1.92. The Labute approximate surface area is 122 Å². The molecule has 1 aromatic heterocycles. The van der Waals surface area contributed by atoms with Gasteiger partial charge in [0.1, 0.15) is 11.6 Å². The standard InChI is InChI=1S/C13H20F3N5/c1-17-10-6-11(19-12(18-10)13(14,15)16)21(3)8-9-4-5-20(2)7-9/h6,9H,4-5,7-8H2,1-3H3,(H,17,18,19).